The number of benzene rings is 4. The third-order valence-electron chi connectivity index (χ3n) is 8.25. The summed E-state index contributed by atoms with van der Waals surface area (Å²) in [4.78, 5) is 29.9. The van der Waals surface area contributed by atoms with Gasteiger partial charge in [-0.25, -0.2) is 12.8 Å². The summed E-state index contributed by atoms with van der Waals surface area (Å²) in [7, 11) is -4.24. The largest absolute Gasteiger partial charge is 0.352 e. The molecule has 10 heteroatoms. The molecule has 0 heterocycles. The highest BCUT2D eigenvalue weighted by Gasteiger charge is 2.35. The van der Waals surface area contributed by atoms with Crippen LogP contribution in [0.4, 0.5) is 10.1 Å². The third-order valence-corrected chi connectivity index (χ3v) is 10.3. The van der Waals surface area contributed by atoms with Gasteiger partial charge in [-0.1, -0.05) is 97.6 Å². The number of anilines is 1. The van der Waals surface area contributed by atoms with Crippen molar-refractivity contribution in [2.75, 3.05) is 10.8 Å². The van der Waals surface area contributed by atoms with Crippen LogP contribution in [0.2, 0.25) is 5.02 Å². The maximum atomic E-state index is 15.1. The van der Waals surface area contributed by atoms with Gasteiger partial charge in [-0.15, -0.1) is 0 Å². The molecule has 2 amide bonds. The van der Waals surface area contributed by atoms with Crippen LogP contribution in [-0.2, 0) is 32.6 Å². The van der Waals surface area contributed by atoms with Crippen molar-refractivity contribution >= 4 is 39.1 Å². The Labute approximate surface area is 275 Å². The standard InChI is InChI=1S/C36H37ClFN3O4S/c37-29-20-22-31(23-21-29)41(46(44,45)32-17-8-3-9-18-32)26-35(42)40(25-28-14-10-11-19-33(28)38)34(24-27-12-4-1-5-13-27)36(43)39-30-15-6-2-7-16-30/h1,3-5,8-14,17-23,30,34H,2,6-7,15-16,24-26H2,(H,39,43)/t34-/m1/s1. The molecule has 0 spiro atoms. The Morgan fingerprint density at radius 2 is 1.43 bits per heavy atom. The van der Waals surface area contributed by atoms with E-state index in [1.165, 1.54) is 35.2 Å². The normalized spacial score (nSPS) is 14.3. The van der Waals surface area contributed by atoms with E-state index < -0.39 is 34.3 Å². The average molecular weight is 662 g/mol. The second kappa shape index (κ2) is 15.4. The molecule has 0 unspecified atom stereocenters. The molecule has 4 aromatic rings. The molecule has 1 saturated carbocycles. The van der Waals surface area contributed by atoms with Gasteiger partial charge in [0, 0.05) is 29.6 Å². The number of carbonyl (C=O) groups excluding carboxylic acids is 2. The summed E-state index contributed by atoms with van der Waals surface area (Å²) in [5.74, 6) is -1.54. The van der Waals surface area contributed by atoms with Gasteiger partial charge in [0.25, 0.3) is 10.0 Å². The quantitative estimate of drug-likeness (QED) is 0.182. The van der Waals surface area contributed by atoms with Crippen molar-refractivity contribution in [3.8, 4) is 0 Å². The highest BCUT2D eigenvalue weighted by molar-refractivity contribution is 7.92. The summed E-state index contributed by atoms with van der Waals surface area (Å²) in [5, 5.41) is 3.55. The van der Waals surface area contributed by atoms with Gasteiger partial charge >= 0.3 is 0 Å². The molecule has 1 aliphatic rings. The lowest BCUT2D eigenvalue weighted by atomic mass is 9.94. The van der Waals surface area contributed by atoms with E-state index in [9.17, 15) is 18.0 Å². The molecular weight excluding hydrogens is 625 g/mol. The van der Waals surface area contributed by atoms with Crippen LogP contribution in [0.5, 0.6) is 0 Å². The molecule has 4 aromatic carbocycles. The van der Waals surface area contributed by atoms with Crippen LogP contribution < -0.4 is 9.62 Å². The number of sulfonamides is 1. The highest BCUT2D eigenvalue weighted by Crippen LogP contribution is 2.27. The lowest BCUT2D eigenvalue weighted by Crippen LogP contribution is -2.55. The SMILES string of the molecule is O=C(NC1CCCCC1)[C@@H](Cc1ccccc1)N(Cc1ccccc1F)C(=O)CN(c1ccc(Cl)cc1)S(=O)(=O)c1ccccc1. The van der Waals surface area contributed by atoms with Crippen molar-refractivity contribution in [1.82, 2.24) is 10.2 Å². The molecule has 1 aliphatic carbocycles. The zero-order valence-corrected chi connectivity index (χ0v) is 27.0. The predicted molar refractivity (Wildman–Crippen MR) is 178 cm³/mol. The van der Waals surface area contributed by atoms with Crippen LogP contribution in [0.3, 0.4) is 0 Å². The number of carbonyl (C=O) groups is 2. The maximum Gasteiger partial charge on any atom is 0.264 e. The molecule has 0 aromatic heterocycles. The fourth-order valence-electron chi connectivity index (χ4n) is 5.76. The molecule has 7 nitrogen and oxygen atoms in total. The van der Waals surface area contributed by atoms with Crippen LogP contribution in [0, 0.1) is 5.82 Å². The Hall–Kier alpha value is -4.21. The Morgan fingerprint density at radius 1 is 0.826 bits per heavy atom. The summed E-state index contributed by atoms with van der Waals surface area (Å²) >= 11 is 6.12. The smallest absolute Gasteiger partial charge is 0.264 e. The van der Waals surface area contributed by atoms with Crippen molar-refractivity contribution in [3.63, 3.8) is 0 Å². The third kappa shape index (κ3) is 8.33. The lowest BCUT2D eigenvalue weighted by molar-refractivity contribution is -0.140. The Balaban J connectivity index is 1.56. The predicted octanol–water partition coefficient (Wildman–Crippen LogP) is 6.76. The minimum Gasteiger partial charge on any atom is -0.352 e. The molecule has 46 heavy (non-hydrogen) atoms. The summed E-state index contributed by atoms with van der Waals surface area (Å²) in [6.07, 6.45) is 4.94. The van der Waals surface area contributed by atoms with Gasteiger partial charge in [0.15, 0.2) is 0 Å². The van der Waals surface area contributed by atoms with Gasteiger partial charge in [0.2, 0.25) is 11.8 Å². The first-order valence-corrected chi connectivity index (χ1v) is 17.2. The van der Waals surface area contributed by atoms with E-state index >= 15 is 4.39 Å². The summed E-state index contributed by atoms with van der Waals surface area (Å²) in [6, 6.07) is 28.2. The van der Waals surface area contributed by atoms with E-state index in [4.69, 9.17) is 11.6 Å². The topological polar surface area (TPSA) is 86.8 Å². The van der Waals surface area contributed by atoms with E-state index in [0.29, 0.717) is 5.02 Å². The summed E-state index contributed by atoms with van der Waals surface area (Å²) < 4.78 is 44.2. The fraction of sp³-hybridized carbons (Fsp3) is 0.278. The van der Waals surface area contributed by atoms with E-state index in [0.717, 1.165) is 42.0 Å². The van der Waals surface area contributed by atoms with Gasteiger partial charge in [-0.3, -0.25) is 13.9 Å². The van der Waals surface area contributed by atoms with Gasteiger partial charge < -0.3 is 10.2 Å². The number of amides is 2. The maximum absolute atomic E-state index is 15.1. The number of hydrogen-bond donors (Lipinski definition) is 1. The monoisotopic (exact) mass is 661 g/mol. The second-order valence-corrected chi connectivity index (χ2v) is 13.8. The van der Waals surface area contributed by atoms with E-state index in [1.807, 2.05) is 30.3 Å². The molecule has 0 radical (unpaired) electrons. The first kappa shape index (κ1) is 33.2. The van der Waals surface area contributed by atoms with Gasteiger partial charge in [0.1, 0.15) is 18.4 Å². The van der Waals surface area contributed by atoms with E-state index in [2.05, 4.69) is 5.32 Å². The van der Waals surface area contributed by atoms with Crippen molar-refractivity contribution in [2.24, 2.45) is 0 Å². The molecule has 0 saturated heterocycles. The van der Waals surface area contributed by atoms with Crippen molar-refractivity contribution < 1.29 is 22.4 Å². The van der Waals surface area contributed by atoms with E-state index in [-0.39, 0.29) is 41.1 Å². The fourth-order valence-corrected chi connectivity index (χ4v) is 7.33. The second-order valence-electron chi connectivity index (χ2n) is 11.5. The highest BCUT2D eigenvalue weighted by atomic mass is 35.5. The van der Waals surface area contributed by atoms with Crippen molar-refractivity contribution in [2.45, 2.75) is 62.0 Å². The molecule has 0 aliphatic heterocycles. The molecule has 1 atom stereocenters. The Bertz CT molecular complexity index is 1720. The first-order chi connectivity index (χ1) is 22.2. The minimum absolute atomic E-state index is 0.00530. The molecule has 240 valence electrons. The molecule has 5 rings (SSSR count). The number of nitrogens with zero attached hydrogens (tertiary/aromatic N) is 2. The number of rotatable bonds is 12. The zero-order valence-electron chi connectivity index (χ0n) is 25.4. The summed E-state index contributed by atoms with van der Waals surface area (Å²) in [6.45, 7) is -0.865. The summed E-state index contributed by atoms with van der Waals surface area (Å²) in [5.41, 5.74) is 1.24. The van der Waals surface area contributed by atoms with E-state index in [1.54, 1.807) is 48.5 Å². The zero-order chi connectivity index (χ0) is 32.5. The van der Waals surface area contributed by atoms with Crippen LogP contribution in [0.15, 0.2) is 114 Å². The van der Waals surface area contributed by atoms with Crippen LogP contribution in [-0.4, -0.2) is 43.8 Å². The van der Waals surface area contributed by atoms with Crippen LogP contribution in [0.25, 0.3) is 0 Å². The minimum atomic E-state index is -4.24. The van der Waals surface area contributed by atoms with Gasteiger partial charge in [-0.2, -0.15) is 0 Å². The molecule has 0 bridgehead atoms. The molecule has 1 N–H and O–H groups in total. The number of nitrogens with one attached hydrogen (secondary N) is 1. The van der Waals surface area contributed by atoms with Crippen LogP contribution in [0.1, 0.15) is 43.2 Å². The van der Waals surface area contributed by atoms with Gasteiger partial charge in [0.05, 0.1) is 10.6 Å². The first-order valence-electron chi connectivity index (χ1n) is 15.4. The number of halogens is 2. The Morgan fingerprint density at radius 3 is 2.09 bits per heavy atom. The van der Waals surface area contributed by atoms with Crippen molar-refractivity contribution in [1.29, 1.82) is 0 Å². The van der Waals surface area contributed by atoms with Crippen LogP contribution >= 0.6 is 11.6 Å². The van der Waals surface area contributed by atoms with Crippen molar-refractivity contribution in [3.05, 3.63) is 131 Å². The average Bonchev–Trinajstić information content (AvgIpc) is 3.07. The lowest BCUT2D eigenvalue weighted by Gasteiger charge is -2.35. The molecular formula is C36H37ClFN3O4S. The molecule has 1 fully saturated rings. The number of hydrogen-bond acceptors (Lipinski definition) is 4. The van der Waals surface area contributed by atoms with Gasteiger partial charge in [-0.05, 0) is 60.9 Å². The Kier molecular flexibility index (Phi) is 11.1.